The van der Waals surface area contributed by atoms with E-state index in [1.807, 2.05) is 44.1 Å². The van der Waals surface area contributed by atoms with Gasteiger partial charge in [-0.1, -0.05) is 6.07 Å². The Morgan fingerprint density at radius 3 is 2.57 bits per heavy atom. The van der Waals surface area contributed by atoms with Crippen molar-refractivity contribution in [2.24, 2.45) is 5.73 Å². The highest BCUT2D eigenvalue weighted by atomic mass is 16.2. The Bertz CT molecular complexity index is 347. The molecule has 1 rings (SSSR count). The van der Waals surface area contributed by atoms with Gasteiger partial charge in [0.05, 0.1) is 0 Å². The number of amides is 2. The maximum absolute atomic E-state index is 10.6. The van der Waals surface area contributed by atoms with Gasteiger partial charge in [0.15, 0.2) is 0 Å². The number of benzene rings is 1. The SMILES string of the molecule is Cc1ccc(NC(N)=O)cc1N(C)C. The summed E-state index contributed by atoms with van der Waals surface area (Å²) in [4.78, 5) is 12.6. The van der Waals surface area contributed by atoms with Crippen molar-refractivity contribution in [1.29, 1.82) is 0 Å². The molecule has 0 saturated heterocycles. The summed E-state index contributed by atoms with van der Waals surface area (Å²) in [5, 5.41) is 2.54. The van der Waals surface area contributed by atoms with Gasteiger partial charge in [0.1, 0.15) is 0 Å². The van der Waals surface area contributed by atoms with E-state index in [0.29, 0.717) is 5.69 Å². The largest absolute Gasteiger partial charge is 0.377 e. The average molecular weight is 193 g/mol. The number of rotatable bonds is 2. The van der Waals surface area contributed by atoms with Crippen LogP contribution in [0.5, 0.6) is 0 Å². The third-order valence-corrected chi connectivity index (χ3v) is 1.96. The first kappa shape index (κ1) is 10.4. The van der Waals surface area contributed by atoms with Gasteiger partial charge in [0.2, 0.25) is 0 Å². The predicted molar refractivity (Wildman–Crippen MR) is 58.7 cm³/mol. The molecule has 1 aromatic rings. The molecule has 4 heteroatoms. The topological polar surface area (TPSA) is 58.4 Å². The molecule has 0 spiro atoms. The molecule has 14 heavy (non-hydrogen) atoms. The van der Waals surface area contributed by atoms with E-state index in [1.165, 1.54) is 0 Å². The van der Waals surface area contributed by atoms with Gasteiger partial charge >= 0.3 is 6.03 Å². The minimum atomic E-state index is -0.543. The van der Waals surface area contributed by atoms with Crippen molar-refractivity contribution in [2.75, 3.05) is 24.3 Å². The number of carbonyl (C=O) groups is 1. The van der Waals surface area contributed by atoms with Gasteiger partial charge in [-0.25, -0.2) is 4.79 Å². The number of aryl methyl sites for hydroxylation is 1. The van der Waals surface area contributed by atoms with E-state index >= 15 is 0 Å². The molecule has 0 heterocycles. The maximum atomic E-state index is 10.6. The molecule has 0 aliphatic rings. The van der Waals surface area contributed by atoms with Gasteiger partial charge in [-0.3, -0.25) is 0 Å². The molecule has 0 aromatic heterocycles. The minimum Gasteiger partial charge on any atom is -0.377 e. The van der Waals surface area contributed by atoms with Gasteiger partial charge in [-0.05, 0) is 24.6 Å². The number of hydrogen-bond acceptors (Lipinski definition) is 2. The monoisotopic (exact) mass is 193 g/mol. The van der Waals surface area contributed by atoms with Crippen LogP contribution in [-0.2, 0) is 0 Å². The standard InChI is InChI=1S/C10H15N3O/c1-7-4-5-8(12-10(11)14)6-9(7)13(2)3/h4-6H,1-3H3,(H3,11,12,14). The van der Waals surface area contributed by atoms with E-state index in [-0.39, 0.29) is 0 Å². The van der Waals surface area contributed by atoms with Crippen molar-refractivity contribution < 1.29 is 4.79 Å². The third-order valence-electron chi connectivity index (χ3n) is 1.96. The number of nitrogens with two attached hydrogens (primary N) is 1. The Morgan fingerprint density at radius 1 is 1.43 bits per heavy atom. The van der Waals surface area contributed by atoms with Crippen LogP contribution in [-0.4, -0.2) is 20.1 Å². The molecule has 0 aliphatic heterocycles. The number of primary amides is 1. The lowest BCUT2D eigenvalue weighted by Gasteiger charge is -2.16. The fraction of sp³-hybridized carbons (Fsp3) is 0.300. The fourth-order valence-corrected chi connectivity index (χ4v) is 1.31. The van der Waals surface area contributed by atoms with Crippen LogP contribution < -0.4 is 16.0 Å². The maximum Gasteiger partial charge on any atom is 0.316 e. The van der Waals surface area contributed by atoms with Crippen LogP contribution in [0, 0.1) is 6.92 Å². The van der Waals surface area contributed by atoms with Crippen LogP contribution in [0.1, 0.15) is 5.56 Å². The molecular weight excluding hydrogens is 178 g/mol. The summed E-state index contributed by atoms with van der Waals surface area (Å²) >= 11 is 0. The molecule has 0 atom stereocenters. The third kappa shape index (κ3) is 2.39. The first-order chi connectivity index (χ1) is 6.50. The Hall–Kier alpha value is -1.71. The fourth-order valence-electron chi connectivity index (χ4n) is 1.31. The van der Waals surface area contributed by atoms with E-state index in [0.717, 1.165) is 11.3 Å². The number of nitrogens with one attached hydrogen (secondary N) is 1. The summed E-state index contributed by atoms with van der Waals surface area (Å²) in [5.41, 5.74) is 7.96. The smallest absolute Gasteiger partial charge is 0.316 e. The molecule has 76 valence electrons. The molecular formula is C10H15N3O. The quantitative estimate of drug-likeness (QED) is 0.748. The lowest BCUT2D eigenvalue weighted by atomic mass is 10.1. The highest BCUT2D eigenvalue weighted by Crippen LogP contribution is 2.22. The summed E-state index contributed by atoms with van der Waals surface area (Å²) in [6, 6.07) is 5.12. The molecule has 1 aromatic carbocycles. The Balaban J connectivity index is 3.00. The first-order valence-corrected chi connectivity index (χ1v) is 4.35. The number of carbonyl (C=O) groups excluding carboxylic acids is 1. The van der Waals surface area contributed by atoms with Crippen molar-refractivity contribution in [2.45, 2.75) is 6.92 Å². The minimum absolute atomic E-state index is 0.543. The summed E-state index contributed by atoms with van der Waals surface area (Å²) in [5.74, 6) is 0. The summed E-state index contributed by atoms with van der Waals surface area (Å²) < 4.78 is 0. The molecule has 0 unspecified atom stereocenters. The molecule has 0 bridgehead atoms. The highest BCUT2D eigenvalue weighted by Gasteiger charge is 2.03. The molecule has 0 aliphatic carbocycles. The number of anilines is 2. The second kappa shape index (κ2) is 4.00. The van der Waals surface area contributed by atoms with Crippen molar-refractivity contribution in [3.63, 3.8) is 0 Å². The zero-order chi connectivity index (χ0) is 10.7. The van der Waals surface area contributed by atoms with Crippen molar-refractivity contribution >= 4 is 17.4 Å². The Morgan fingerprint density at radius 2 is 2.07 bits per heavy atom. The van der Waals surface area contributed by atoms with E-state index in [4.69, 9.17) is 5.73 Å². The molecule has 0 radical (unpaired) electrons. The van der Waals surface area contributed by atoms with Crippen LogP contribution in [0.25, 0.3) is 0 Å². The van der Waals surface area contributed by atoms with Crippen LogP contribution in [0.3, 0.4) is 0 Å². The molecule has 0 fully saturated rings. The predicted octanol–water partition coefficient (Wildman–Crippen LogP) is 1.55. The van der Waals surface area contributed by atoms with Gasteiger partial charge in [-0.15, -0.1) is 0 Å². The molecule has 2 amide bonds. The molecule has 4 nitrogen and oxygen atoms in total. The van der Waals surface area contributed by atoms with Gasteiger partial charge in [-0.2, -0.15) is 0 Å². The van der Waals surface area contributed by atoms with Crippen molar-refractivity contribution in [3.8, 4) is 0 Å². The highest BCUT2D eigenvalue weighted by molar-refractivity contribution is 5.88. The van der Waals surface area contributed by atoms with Crippen molar-refractivity contribution in [1.82, 2.24) is 0 Å². The summed E-state index contributed by atoms with van der Waals surface area (Å²) in [6.45, 7) is 2.02. The van der Waals surface area contributed by atoms with Gasteiger partial charge in [0, 0.05) is 25.5 Å². The van der Waals surface area contributed by atoms with E-state index in [2.05, 4.69) is 5.32 Å². The zero-order valence-electron chi connectivity index (χ0n) is 8.66. The van der Waals surface area contributed by atoms with Gasteiger partial charge in [0.25, 0.3) is 0 Å². The Kier molecular flexibility index (Phi) is 2.96. The van der Waals surface area contributed by atoms with Crippen LogP contribution in [0.2, 0.25) is 0 Å². The summed E-state index contributed by atoms with van der Waals surface area (Å²) in [6.07, 6.45) is 0. The number of hydrogen-bond donors (Lipinski definition) is 2. The number of nitrogens with zero attached hydrogens (tertiary/aromatic N) is 1. The lowest BCUT2D eigenvalue weighted by Crippen LogP contribution is -2.19. The van der Waals surface area contributed by atoms with E-state index < -0.39 is 6.03 Å². The van der Waals surface area contributed by atoms with Crippen LogP contribution >= 0.6 is 0 Å². The second-order valence-electron chi connectivity index (χ2n) is 3.38. The number of urea groups is 1. The van der Waals surface area contributed by atoms with E-state index in [1.54, 1.807) is 0 Å². The van der Waals surface area contributed by atoms with Crippen molar-refractivity contribution in [3.05, 3.63) is 23.8 Å². The second-order valence-corrected chi connectivity index (χ2v) is 3.38. The summed E-state index contributed by atoms with van der Waals surface area (Å²) in [7, 11) is 3.91. The van der Waals surface area contributed by atoms with Crippen LogP contribution in [0.15, 0.2) is 18.2 Å². The first-order valence-electron chi connectivity index (χ1n) is 4.35. The Labute approximate surface area is 83.7 Å². The molecule has 3 N–H and O–H groups in total. The van der Waals surface area contributed by atoms with E-state index in [9.17, 15) is 4.79 Å². The molecule has 0 saturated carbocycles. The lowest BCUT2D eigenvalue weighted by molar-refractivity contribution is 0.259. The van der Waals surface area contributed by atoms with Gasteiger partial charge < -0.3 is 16.0 Å². The normalized spacial score (nSPS) is 9.64. The van der Waals surface area contributed by atoms with Crippen LogP contribution in [0.4, 0.5) is 16.2 Å². The zero-order valence-corrected chi connectivity index (χ0v) is 8.66. The average Bonchev–Trinajstić information content (AvgIpc) is 2.07.